The molecule has 3 rings (SSSR count). The Kier molecular flexibility index (Phi) is 8.28. The molecule has 0 saturated heterocycles. The van der Waals surface area contributed by atoms with Crippen LogP contribution in [0.2, 0.25) is 0 Å². The van der Waals surface area contributed by atoms with E-state index in [0.717, 1.165) is 5.56 Å². The van der Waals surface area contributed by atoms with Crippen LogP contribution < -0.4 is 21.4 Å². The van der Waals surface area contributed by atoms with Crippen molar-refractivity contribution in [2.75, 3.05) is 5.32 Å². The van der Waals surface area contributed by atoms with Crippen molar-refractivity contribution in [3.8, 4) is 0 Å². The molecule has 0 fully saturated rings. The SMILES string of the molecule is C[C@H](NC(=O)C(=O)N/N=C/c1ccc(CNC(=O)C(=O)Nc2ccccc2)o1)c1ccccc1. The van der Waals surface area contributed by atoms with Crippen molar-refractivity contribution in [2.45, 2.75) is 19.5 Å². The van der Waals surface area contributed by atoms with Gasteiger partial charge >= 0.3 is 23.6 Å². The van der Waals surface area contributed by atoms with E-state index in [1.54, 1.807) is 49.4 Å². The van der Waals surface area contributed by atoms with Gasteiger partial charge in [-0.25, -0.2) is 5.43 Å². The Hall–Kier alpha value is -4.73. The van der Waals surface area contributed by atoms with E-state index < -0.39 is 23.6 Å². The highest BCUT2D eigenvalue weighted by atomic mass is 16.3. The van der Waals surface area contributed by atoms with Gasteiger partial charge in [-0.15, -0.1) is 0 Å². The smallest absolute Gasteiger partial charge is 0.329 e. The minimum Gasteiger partial charge on any atom is -0.458 e. The number of amides is 4. The van der Waals surface area contributed by atoms with E-state index in [9.17, 15) is 19.2 Å². The number of benzene rings is 2. The van der Waals surface area contributed by atoms with Gasteiger partial charge in [-0.1, -0.05) is 48.5 Å². The zero-order valence-electron chi connectivity index (χ0n) is 18.3. The molecule has 0 aliphatic rings. The monoisotopic (exact) mass is 461 g/mol. The highest BCUT2D eigenvalue weighted by Gasteiger charge is 2.17. The maximum absolute atomic E-state index is 12.0. The average molecular weight is 461 g/mol. The summed E-state index contributed by atoms with van der Waals surface area (Å²) in [5.41, 5.74) is 3.49. The van der Waals surface area contributed by atoms with Crippen LogP contribution in [0, 0.1) is 0 Å². The first-order valence-corrected chi connectivity index (χ1v) is 10.3. The van der Waals surface area contributed by atoms with E-state index in [4.69, 9.17) is 4.42 Å². The molecule has 0 unspecified atom stereocenters. The minimum atomic E-state index is -0.928. The number of carbonyl (C=O) groups is 4. The highest BCUT2D eigenvalue weighted by molar-refractivity contribution is 6.39. The molecule has 0 aliphatic carbocycles. The number of hydrazone groups is 1. The summed E-state index contributed by atoms with van der Waals surface area (Å²) in [5.74, 6) is -2.74. The van der Waals surface area contributed by atoms with Crippen LogP contribution in [-0.2, 0) is 25.7 Å². The molecule has 2 aromatic carbocycles. The van der Waals surface area contributed by atoms with Crippen molar-refractivity contribution in [2.24, 2.45) is 5.10 Å². The van der Waals surface area contributed by atoms with Gasteiger partial charge in [-0.2, -0.15) is 5.10 Å². The topological polar surface area (TPSA) is 142 Å². The lowest BCUT2D eigenvalue weighted by molar-refractivity contribution is -0.139. The molecule has 34 heavy (non-hydrogen) atoms. The molecule has 10 heteroatoms. The summed E-state index contributed by atoms with van der Waals surface area (Å²) < 4.78 is 5.45. The Morgan fingerprint density at radius 1 is 0.853 bits per heavy atom. The molecule has 0 bridgehead atoms. The maximum atomic E-state index is 12.0. The standard InChI is InChI=1S/C24H23N5O5/c1-16(17-8-4-2-5-9-17)27-23(32)24(33)29-26-15-20-13-12-19(34-20)14-25-21(30)22(31)28-18-10-6-3-7-11-18/h2-13,15-16H,14H2,1H3,(H,25,30)(H,27,32)(H,28,31)(H,29,33)/b26-15+/t16-/m0/s1. The number of rotatable bonds is 7. The summed E-state index contributed by atoms with van der Waals surface area (Å²) in [5, 5.41) is 11.2. The fourth-order valence-electron chi connectivity index (χ4n) is 2.81. The second-order valence-corrected chi connectivity index (χ2v) is 7.11. The van der Waals surface area contributed by atoms with Crippen LogP contribution in [0.1, 0.15) is 30.0 Å². The van der Waals surface area contributed by atoms with E-state index in [1.807, 2.05) is 30.3 Å². The van der Waals surface area contributed by atoms with Gasteiger partial charge in [0.1, 0.15) is 11.5 Å². The Balaban J connectivity index is 1.41. The number of furan rings is 1. The number of anilines is 1. The first-order valence-electron chi connectivity index (χ1n) is 10.3. The molecule has 174 valence electrons. The van der Waals surface area contributed by atoms with Crippen LogP contribution in [0.15, 0.2) is 82.3 Å². The lowest BCUT2D eigenvalue weighted by Crippen LogP contribution is -2.39. The predicted molar refractivity (Wildman–Crippen MR) is 124 cm³/mol. The van der Waals surface area contributed by atoms with E-state index in [-0.39, 0.29) is 18.3 Å². The molecule has 10 nitrogen and oxygen atoms in total. The Labute approximate surface area is 195 Å². The van der Waals surface area contributed by atoms with Crippen molar-refractivity contribution in [1.82, 2.24) is 16.1 Å². The van der Waals surface area contributed by atoms with Gasteiger partial charge in [0, 0.05) is 5.69 Å². The molecule has 1 aromatic heterocycles. The van der Waals surface area contributed by atoms with Crippen LogP contribution in [0.3, 0.4) is 0 Å². The van der Waals surface area contributed by atoms with Crippen LogP contribution in [0.25, 0.3) is 0 Å². The van der Waals surface area contributed by atoms with Gasteiger partial charge in [0.05, 0.1) is 18.8 Å². The zero-order chi connectivity index (χ0) is 24.3. The molecule has 4 amide bonds. The predicted octanol–water partition coefficient (Wildman–Crippen LogP) is 1.86. The molecule has 0 radical (unpaired) electrons. The number of para-hydroxylation sites is 1. The third-order valence-electron chi connectivity index (χ3n) is 4.55. The van der Waals surface area contributed by atoms with Gasteiger partial charge in [-0.3, -0.25) is 19.2 Å². The molecule has 0 aliphatic heterocycles. The summed E-state index contributed by atoms with van der Waals surface area (Å²) in [6.07, 6.45) is 1.21. The number of nitrogens with zero attached hydrogens (tertiary/aromatic N) is 1. The first kappa shape index (κ1) is 23.9. The molecule has 0 spiro atoms. The quantitative estimate of drug-likeness (QED) is 0.241. The second-order valence-electron chi connectivity index (χ2n) is 7.11. The van der Waals surface area contributed by atoms with Gasteiger partial charge in [0.15, 0.2) is 0 Å². The molecule has 3 aromatic rings. The van der Waals surface area contributed by atoms with Crippen molar-refractivity contribution in [1.29, 1.82) is 0 Å². The third-order valence-corrected chi connectivity index (χ3v) is 4.55. The molecular formula is C24H23N5O5. The van der Waals surface area contributed by atoms with Crippen LogP contribution in [0.4, 0.5) is 5.69 Å². The highest BCUT2D eigenvalue weighted by Crippen LogP contribution is 2.10. The van der Waals surface area contributed by atoms with Gasteiger partial charge in [-0.05, 0) is 36.8 Å². The van der Waals surface area contributed by atoms with Crippen molar-refractivity contribution in [3.05, 3.63) is 89.9 Å². The van der Waals surface area contributed by atoms with E-state index in [2.05, 4.69) is 26.5 Å². The number of hydrogen-bond acceptors (Lipinski definition) is 6. The normalized spacial score (nSPS) is 11.4. The third kappa shape index (κ3) is 7.16. The number of hydrogen-bond donors (Lipinski definition) is 4. The molecule has 1 atom stereocenters. The summed E-state index contributed by atoms with van der Waals surface area (Å²) in [4.78, 5) is 47.8. The van der Waals surface area contributed by atoms with Crippen LogP contribution in [-0.4, -0.2) is 29.8 Å². The lowest BCUT2D eigenvalue weighted by atomic mass is 10.1. The summed E-state index contributed by atoms with van der Waals surface area (Å²) in [6, 6.07) is 20.6. The first-order chi connectivity index (χ1) is 16.4. The van der Waals surface area contributed by atoms with Crippen LogP contribution >= 0.6 is 0 Å². The Morgan fingerprint density at radius 3 is 2.24 bits per heavy atom. The molecule has 4 N–H and O–H groups in total. The second kappa shape index (κ2) is 11.8. The molecule has 0 saturated carbocycles. The zero-order valence-corrected chi connectivity index (χ0v) is 18.3. The fourth-order valence-corrected chi connectivity index (χ4v) is 2.81. The van der Waals surface area contributed by atoms with E-state index >= 15 is 0 Å². The van der Waals surface area contributed by atoms with Crippen LogP contribution in [0.5, 0.6) is 0 Å². The average Bonchev–Trinajstić information content (AvgIpc) is 3.31. The summed E-state index contributed by atoms with van der Waals surface area (Å²) >= 11 is 0. The Bertz CT molecular complexity index is 1170. The maximum Gasteiger partial charge on any atom is 0.329 e. The van der Waals surface area contributed by atoms with Gasteiger partial charge in [0.25, 0.3) is 0 Å². The lowest BCUT2D eigenvalue weighted by Gasteiger charge is -2.13. The molecular weight excluding hydrogens is 438 g/mol. The fraction of sp³-hybridized carbons (Fsp3) is 0.125. The van der Waals surface area contributed by atoms with Crippen molar-refractivity contribution in [3.63, 3.8) is 0 Å². The Morgan fingerprint density at radius 2 is 1.53 bits per heavy atom. The van der Waals surface area contributed by atoms with Crippen molar-refractivity contribution < 1.29 is 23.6 Å². The van der Waals surface area contributed by atoms with E-state index in [1.165, 1.54) is 6.21 Å². The molecule has 1 heterocycles. The van der Waals surface area contributed by atoms with Gasteiger partial charge in [0.2, 0.25) is 0 Å². The van der Waals surface area contributed by atoms with Gasteiger partial charge < -0.3 is 20.4 Å². The summed E-state index contributed by atoms with van der Waals surface area (Å²) in [7, 11) is 0. The number of carbonyl (C=O) groups excluding carboxylic acids is 4. The largest absolute Gasteiger partial charge is 0.458 e. The minimum absolute atomic E-state index is 0.0268. The summed E-state index contributed by atoms with van der Waals surface area (Å²) in [6.45, 7) is 1.74. The number of nitrogens with one attached hydrogen (secondary N) is 4. The van der Waals surface area contributed by atoms with E-state index in [0.29, 0.717) is 11.4 Å². The van der Waals surface area contributed by atoms with Crippen molar-refractivity contribution >= 4 is 35.5 Å².